The predicted octanol–water partition coefficient (Wildman–Crippen LogP) is 3.17. The number of aryl methyl sites for hydroxylation is 2. The molecule has 0 spiro atoms. The highest BCUT2D eigenvalue weighted by Crippen LogP contribution is 2.26. The second kappa shape index (κ2) is 8.67. The van der Waals surface area contributed by atoms with Gasteiger partial charge in [-0.1, -0.05) is 32.0 Å². The van der Waals surface area contributed by atoms with Crippen LogP contribution in [-0.2, 0) is 27.2 Å². The minimum Gasteiger partial charge on any atom is -0.368 e. The molecule has 0 aliphatic carbocycles. The molecule has 2 amide bonds. The monoisotopic (exact) mass is 358 g/mol. The zero-order valence-corrected chi connectivity index (χ0v) is 15.9. The van der Waals surface area contributed by atoms with Crippen LogP contribution in [0, 0.1) is 5.92 Å². The van der Waals surface area contributed by atoms with E-state index in [1.807, 2.05) is 4.90 Å². The van der Waals surface area contributed by atoms with Crippen molar-refractivity contribution in [2.75, 3.05) is 25.0 Å². The molecule has 3 rings (SSSR count). The number of carbonyl (C=O) groups is 2. The lowest BCUT2D eigenvalue weighted by molar-refractivity contribution is -0.143. The molecule has 1 unspecified atom stereocenters. The second-order valence-electron chi connectivity index (χ2n) is 7.25. The first kappa shape index (κ1) is 18.9. The highest BCUT2D eigenvalue weighted by atomic mass is 16.5. The van der Waals surface area contributed by atoms with Gasteiger partial charge < -0.3 is 15.0 Å². The van der Waals surface area contributed by atoms with Gasteiger partial charge in [-0.05, 0) is 49.7 Å². The molecule has 0 saturated carbocycles. The van der Waals surface area contributed by atoms with Crippen LogP contribution >= 0.6 is 0 Å². The number of piperidine rings is 1. The number of benzene rings is 1. The van der Waals surface area contributed by atoms with Gasteiger partial charge in [0.15, 0.2) is 0 Å². The van der Waals surface area contributed by atoms with Crippen LogP contribution in [-0.4, -0.2) is 42.5 Å². The summed E-state index contributed by atoms with van der Waals surface area (Å²) in [5.41, 5.74) is 3.35. The number of amides is 2. The van der Waals surface area contributed by atoms with E-state index in [0.717, 1.165) is 44.2 Å². The molecule has 2 heterocycles. The third-order valence-electron chi connectivity index (χ3n) is 5.63. The standard InChI is InChI=1S/C21H30N2O3/c1-3-15-7-5-8-16(4-2)19(15)22-20(24)17-10-12-23(13-11-17)21(25)18-9-6-14-26-18/h5,7-8,17-18H,3-4,6,9-14H2,1-2H3,(H,22,24). The number of para-hydroxylation sites is 1. The summed E-state index contributed by atoms with van der Waals surface area (Å²) in [6.45, 7) is 6.20. The molecule has 1 aromatic rings. The van der Waals surface area contributed by atoms with E-state index in [4.69, 9.17) is 4.74 Å². The van der Waals surface area contributed by atoms with Crippen LogP contribution in [0.1, 0.15) is 50.7 Å². The van der Waals surface area contributed by atoms with Crippen LogP contribution in [0.5, 0.6) is 0 Å². The van der Waals surface area contributed by atoms with Crippen LogP contribution in [0.4, 0.5) is 5.69 Å². The zero-order chi connectivity index (χ0) is 18.5. The fourth-order valence-corrected chi connectivity index (χ4v) is 3.97. The van der Waals surface area contributed by atoms with Crippen molar-refractivity contribution in [1.82, 2.24) is 4.90 Å². The Balaban J connectivity index is 1.58. The van der Waals surface area contributed by atoms with Gasteiger partial charge in [0, 0.05) is 31.3 Å². The van der Waals surface area contributed by atoms with E-state index < -0.39 is 0 Å². The number of nitrogens with one attached hydrogen (secondary N) is 1. The fraction of sp³-hybridized carbons (Fsp3) is 0.619. The SMILES string of the molecule is CCc1cccc(CC)c1NC(=O)C1CCN(C(=O)C2CCCO2)CC1. The molecule has 2 fully saturated rings. The molecule has 1 aromatic carbocycles. The number of anilines is 1. The summed E-state index contributed by atoms with van der Waals surface area (Å²) in [7, 11) is 0. The Hall–Kier alpha value is -1.88. The smallest absolute Gasteiger partial charge is 0.251 e. The highest BCUT2D eigenvalue weighted by Gasteiger charge is 2.32. The van der Waals surface area contributed by atoms with E-state index in [-0.39, 0.29) is 23.8 Å². The molecule has 2 aliphatic heterocycles. The fourth-order valence-electron chi connectivity index (χ4n) is 3.97. The number of carbonyl (C=O) groups excluding carboxylic acids is 2. The predicted molar refractivity (Wildman–Crippen MR) is 102 cm³/mol. The van der Waals surface area contributed by atoms with Gasteiger partial charge in [-0.15, -0.1) is 0 Å². The van der Waals surface area contributed by atoms with Crippen LogP contribution in [0.3, 0.4) is 0 Å². The number of hydrogen-bond donors (Lipinski definition) is 1. The first-order valence-electron chi connectivity index (χ1n) is 9.96. The number of ether oxygens (including phenoxy) is 1. The van der Waals surface area contributed by atoms with Crippen molar-refractivity contribution < 1.29 is 14.3 Å². The molecular formula is C21H30N2O3. The zero-order valence-electron chi connectivity index (χ0n) is 15.9. The van der Waals surface area contributed by atoms with Gasteiger partial charge in [0.05, 0.1) is 0 Å². The first-order chi connectivity index (χ1) is 12.6. The van der Waals surface area contributed by atoms with Crippen LogP contribution < -0.4 is 5.32 Å². The summed E-state index contributed by atoms with van der Waals surface area (Å²) in [5.74, 6) is 0.161. The lowest BCUT2D eigenvalue weighted by Gasteiger charge is -2.33. The minimum absolute atomic E-state index is 0.0295. The van der Waals surface area contributed by atoms with Crippen molar-refractivity contribution in [3.63, 3.8) is 0 Å². The molecule has 0 bridgehead atoms. The maximum Gasteiger partial charge on any atom is 0.251 e. The minimum atomic E-state index is -0.260. The molecule has 0 aromatic heterocycles. The van der Waals surface area contributed by atoms with E-state index in [1.165, 1.54) is 11.1 Å². The molecule has 5 nitrogen and oxygen atoms in total. The molecule has 2 saturated heterocycles. The maximum atomic E-state index is 12.8. The Morgan fingerprint density at radius 2 is 1.77 bits per heavy atom. The van der Waals surface area contributed by atoms with Crippen molar-refractivity contribution in [2.45, 2.75) is 58.5 Å². The second-order valence-corrected chi connectivity index (χ2v) is 7.25. The number of likely N-dealkylation sites (tertiary alicyclic amines) is 1. The van der Waals surface area contributed by atoms with E-state index in [1.54, 1.807) is 0 Å². The number of hydrogen-bond acceptors (Lipinski definition) is 3. The average molecular weight is 358 g/mol. The largest absolute Gasteiger partial charge is 0.368 e. The van der Waals surface area contributed by atoms with Gasteiger partial charge in [-0.2, -0.15) is 0 Å². The normalized spacial score (nSPS) is 21.0. The van der Waals surface area contributed by atoms with Crippen LogP contribution in [0.15, 0.2) is 18.2 Å². The quantitative estimate of drug-likeness (QED) is 0.879. The third kappa shape index (κ3) is 4.09. The van der Waals surface area contributed by atoms with E-state index in [0.29, 0.717) is 19.7 Å². The lowest BCUT2D eigenvalue weighted by Crippen LogP contribution is -2.45. The Bertz CT molecular complexity index is 622. The Morgan fingerprint density at radius 1 is 1.12 bits per heavy atom. The Morgan fingerprint density at radius 3 is 2.31 bits per heavy atom. The molecule has 26 heavy (non-hydrogen) atoms. The summed E-state index contributed by atoms with van der Waals surface area (Å²) in [6, 6.07) is 6.22. The molecule has 1 atom stereocenters. The summed E-state index contributed by atoms with van der Waals surface area (Å²) < 4.78 is 5.50. The Labute approximate surface area is 156 Å². The van der Waals surface area contributed by atoms with Gasteiger partial charge in [-0.25, -0.2) is 0 Å². The lowest BCUT2D eigenvalue weighted by atomic mass is 9.94. The third-order valence-corrected chi connectivity index (χ3v) is 5.63. The Kier molecular flexibility index (Phi) is 6.30. The number of nitrogens with zero attached hydrogens (tertiary/aromatic N) is 1. The molecule has 2 aliphatic rings. The summed E-state index contributed by atoms with van der Waals surface area (Å²) in [5, 5.41) is 3.18. The first-order valence-corrected chi connectivity index (χ1v) is 9.96. The van der Waals surface area contributed by atoms with Gasteiger partial charge in [-0.3, -0.25) is 9.59 Å². The highest BCUT2D eigenvalue weighted by molar-refractivity contribution is 5.94. The number of rotatable bonds is 5. The maximum absolute atomic E-state index is 12.8. The summed E-state index contributed by atoms with van der Waals surface area (Å²) in [4.78, 5) is 27.1. The van der Waals surface area contributed by atoms with Crippen molar-refractivity contribution in [1.29, 1.82) is 0 Å². The van der Waals surface area contributed by atoms with Gasteiger partial charge >= 0.3 is 0 Å². The molecule has 1 N–H and O–H groups in total. The molecule has 0 radical (unpaired) electrons. The average Bonchev–Trinajstić information content (AvgIpc) is 3.22. The summed E-state index contributed by atoms with van der Waals surface area (Å²) in [6.07, 6.45) is 4.78. The van der Waals surface area contributed by atoms with E-state index in [2.05, 4.69) is 37.4 Å². The van der Waals surface area contributed by atoms with Crippen molar-refractivity contribution in [3.05, 3.63) is 29.3 Å². The van der Waals surface area contributed by atoms with E-state index >= 15 is 0 Å². The van der Waals surface area contributed by atoms with Gasteiger partial charge in [0.1, 0.15) is 6.10 Å². The van der Waals surface area contributed by atoms with Crippen molar-refractivity contribution in [2.24, 2.45) is 5.92 Å². The van der Waals surface area contributed by atoms with Crippen molar-refractivity contribution in [3.8, 4) is 0 Å². The van der Waals surface area contributed by atoms with Gasteiger partial charge in [0.25, 0.3) is 5.91 Å². The van der Waals surface area contributed by atoms with Crippen molar-refractivity contribution >= 4 is 17.5 Å². The topological polar surface area (TPSA) is 58.6 Å². The van der Waals surface area contributed by atoms with Gasteiger partial charge in [0.2, 0.25) is 5.91 Å². The molecule has 5 heteroatoms. The van der Waals surface area contributed by atoms with E-state index in [9.17, 15) is 9.59 Å². The van der Waals surface area contributed by atoms with Crippen LogP contribution in [0.2, 0.25) is 0 Å². The summed E-state index contributed by atoms with van der Waals surface area (Å²) >= 11 is 0. The molecular weight excluding hydrogens is 328 g/mol. The van der Waals surface area contributed by atoms with Crippen LogP contribution in [0.25, 0.3) is 0 Å². The molecule has 142 valence electrons.